The molecule has 4 heteroatoms. The van der Waals surface area contributed by atoms with Crippen LogP contribution < -0.4 is 10.9 Å². The van der Waals surface area contributed by atoms with Crippen LogP contribution in [0.1, 0.15) is 26.7 Å². The fourth-order valence-corrected chi connectivity index (χ4v) is 1.67. The van der Waals surface area contributed by atoms with E-state index < -0.39 is 0 Å². The highest BCUT2D eigenvalue weighted by molar-refractivity contribution is 5.31. The van der Waals surface area contributed by atoms with Gasteiger partial charge in [-0.15, -0.1) is 0 Å². The van der Waals surface area contributed by atoms with Crippen molar-refractivity contribution in [3.8, 4) is 0 Å². The van der Waals surface area contributed by atoms with Crippen molar-refractivity contribution in [2.75, 3.05) is 11.9 Å². The predicted molar refractivity (Wildman–Crippen MR) is 64.5 cm³/mol. The normalized spacial score (nSPS) is 15.4. The molecule has 4 nitrogen and oxygen atoms in total. The van der Waals surface area contributed by atoms with Gasteiger partial charge in [-0.25, -0.2) is 4.98 Å². The fraction of sp³-hybridized carbons (Fsp3) is 0.667. The van der Waals surface area contributed by atoms with Crippen LogP contribution in [0.2, 0.25) is 0 Å². The lowest BCUT2D eigenvalue weighted by Crippen LogP contribution is -2.26. The first-order valence-electron chi connectivity index (χ1n) is 5.96. The summed E-state index contributed by atoms with van der Waals surface area (Å²) in [5.74, 6) is 1.71. The van der Waals surface area contributed by atoms with Gasteiger partial charge in [-0.1, -0.05) is 13.8 Å². The molecule has 0 unspecified atom stereocenters. The van der Waals surface area contributed by atoms with E-state index in [1.807, 2.05) is 0 Å². The average molecular weight is 221 g/mol. The minimum absolute atomic E-state index is 0.00292. The van der Waals surface area contributed by atoms with Crippen LogP contribution in [-0.2, 0) is 6.54 Å². The van der Waals surface area contributed by atoms with Gasteiger partial charge >= 0.3 is 0 Å². The highest BCUT2D eigenvalue weighted by Crippen LogP contribution is 2.28. The number of hydrogen-bond acceptors (Lipinski definition) is 3. The van der Waals surface area contributed by atoms with E-state index in [4.69, 9.17) is 0 Å². The molecule has 0 atom stereocenters. The van der Waals surface area contributed by atoms with Crippen LogP contribution in [0.15, 0.2) is 17.2 Å². The third-order valence-corrected chi connectivity index (χ3v) is 2.73. The van der Waals surface area contributed by atoms with Gasteiger partial charge in [0.2, 0.25) is 0 Å². The number of rotatable bonds is 5. The van der Waals surface area contributed by atoms with Crippen molar-refractivity contribution in [3.63, 3.8) is 0 Å². The zero-order valence-corrected chi connectivity index (χ0v) is 9.94. The van der Waals surface area contributed by atoms with Gasteiger partial charge in [-0.2, -0.15) is 0 Å². The zero-order valence-electron chi connectivity index (χ0n) is 9.94. The Morgan fingerprint density at radius 1 is 1.56 bits per heavy atom. The Kier molecular flexibility index (Phi) is 3.27. The summed E-state index contributed by atoms with van der Waals surface area (Å²) >= 11 is 0. The minimum Gasteiger partial charge on any atom is -0.365 e. The van der Waals surface area contributed by atoms with Crippen molar-refractivity contribution in [2.24, 2.45) is 11.8 Å². The molecule has 88 valence electrons. The molecule has 1 fully saturated rings. The second kappa shape index (κ2) is 4.68. The first kappa shape index (κ1) is 11.2. The summed E-state index contributed by atoms with van der Waals surface area (Å²) < 4.78 is 1.73. The molecule has 0 spiro atoms. The van der Waals surface area contributed by atoms with Gasteiger partial charge in [0.1, 0.15) is 0 Å². The molecule has 0 aromatic carbocycles. The summed E-state index contributed by atoms with van der Waals surface area (Å²) in [6.45, 7) is 5.84. The molecule has 1 heterocycles. The predicted octanol–water partition coefficient (Wildman–Crippen LogP) is 1.72. The van der Waals surface area contributed by atoms with Gasteiger partial charge < -0.3 is 9.88 Å². The van der Waals surface area contributed by atoms with E-state index in [0.717, 1.165) is 19.0 Å². The number of anilines is 1. The van der Waals surface area contributed by atoms with E-state index in [0.29, 0.717) is 11.7 Å². The minimum atomic E-state index is -0.00292. The zero-order chi connectivity index (χ0) is 11.5. The molecule has 1 aromatic heterocycles. The number of hydrogen-bond donors (Lipinski definition) is 1. The second-order valence-corrected chi connectivity index (χ2v) is 4.95. The SMILES string of the molecule is CC(C)Cn1ccnc(NCC2CC2)c1=O. The maximum Gasteiger partial charge on any atom is 0.293 e. The maximum atomic E-state index is 12.0. The van der Waals surface area contributed by atoms with E-state index in [2.05, 4.69) is 24.1 Å². The quantitative estimate of drug-likeness (QED) is 0.823. The largest absolute Gasteiger partial charge is 0.365 e. The maximum absolute atomic E-state index is 12.0. The molecular formula is C12H19N3O. The molecule has 0 saturated heterocycles. The number of aromatic nitrogens is 2. The van der Waals surface area contributed by atoms with E-state index in [-0.39, 0.29) is 5.56 Å². The van der Waals surface area contributed by atoms with E-state index >= 15 is 0 Å². The van der Waals surface area contributed by atoms with Crippen molar-refractivity contribution in [3.05, 3.63) is 22.7 Å². The third kappa shape index (κ3) is 2.84. The van der Waals surface area contributed by atoms with Crippen molar-refractivity contribution in [1.82, 2.24) is 9.55 Å². The summed E-state index contributed by atoms with van der Waals surface area (Å²) in [6, 6.07) is 0. The lowest BCUT2D eigenvalue weighted by Gasteiger charge is -2.10. The fourth-order valence-electron chi connectivity index (χ4n) is 1.67. The topological polar surface area (TPSA) is 46.9 Å². The van der Waals surface area contributed by atoms with Gasteiger partial charge in [0.05, 0.1) is 0 Å². The van der Waals surface area contributed by atoms with Crippen LogP contribution in [0.25, 0.3) is 0 Å². The monoisotopic (exact) mass is 221 g/mol. The molecule has 0 amide bonds. The highest BCUT2D eigenvalue weighted by Gasteiger charge is 2.21. The van der Waals surface area contributed by atoms with Crippen LogP contribution in [-0.4, -0.2) is 16.1 Å². The van der Waals surface area contributed by atoms with Crippen molar-refractivity contribution in [1.29, 1.82) is 0 Å². The number of nitrogens with zero attached hydrogens (tertiary/aromatic N) is 2. The molecule has 1 aliphatic carbocycles. The van der Waals surface area contributed by atoms with Crippen LogP contribution >= 0.6 is 0 Å². The first-order valence-corrected chi connectivity index (χ1v) is 5.96. The third-order valence-electron chi connectivity index (χ3n) is 2.73. The van der Waals surface area contributed by atoms with Crippen LogP contribution in [0.5, 0.6) is 0 Å². The Labute approximate surface area is 95.7 Å². The first-order chi connectivity index (χ1) is 7.66. The smallest absolute Gasteiger partial charge is 0.293 e. The van der Waals surface area contributed by atoms with Gasteiger partial charge in [-0.3, -0.25) is 4.79 Å². The molecule has 1 N–H and O–H groups in total. The molecule has 1 saturated carbocycles. The van der Waals surface area contributed by atoms with Gasteiger partial charge in [0, 0.05) is 25.5 Å². The Balaban J connectivity index is 2.08. The molecule has 16 heavy (non-hydrogen) atoms. The highest BCUT2D eigenvalue weighted by atomic mass is 16.1. The lowest BCUT2D eigenvalue weighted by molar-refractivity contribution is 0.509. The summed E-state index contributed by atoms with van der Waals surface area (Å²) in [5, 5.41) is 3.14. The lowest BCUT2D eigenvalue weighted by atomic mass is 10.2. The van der Waals surface area contributed by atoms with Crippen LogP contribution in [0.3, 0.4) is 0 Å². The molecular weight excluding hydrogens is 202 g/mol. The van der Waals surface area contributed by atoms with Gasteiger partial charge in [0.15, 0.2) is 5.82 Å². The average Bonchev–Trinajstić information content (AvgIpc) is 3.02. The molecule has 1 aromatic rings. The summed E-state index contributed by atoms with van der Waals surface area (Å²) in [4.78, 5) is 16.1. The second-order valence-electron chi connectivity index (χ2n) is 4.95. The van der Waals surface area contributed by atoms with E-state index in [9.17, 15) is 4.79 Å². The van der Waals surface area contributed by atoms with Crippen LogP contribution in [0, 0.1) is 11.8 Å². The van der Waals surface area contributed by atoms with E-state index in [1.54, 1.807) is 17.0 Å². The molecule has 0 radical (unpaired) electrons. The summed E-state index contributed by atoms with van der Waals surface area (Å²) in [6.07, 6.45) is 6.00. The van der Waals surface area contributed by atoms with Crippen molar-refractivity contribution < 1.29 is 0 Å². The molecule has 0 aliphatic heterocycles. The van der Waals surface area contributed by atoms with Crippen LogP contribution in [0.4, 0.5) is 5.82 Å². The van der Waals surface area contributed by atoms with Gasteiger partial charge in [0.25, 0.3) is 5.56 Å². The Morgan fingerprint density at radius 3 is 2.94 bits per heavy atom. The summed E-state index contributed by atoms with van der Waals surface area (Å²) in [7, 11) is 0. The molecule has 1 aliphatic rings. The number of nitrogens with one attached hydrogen (secondary N) is 1. The molecule has 2 rings (SSSR count). The Bertz CT molecular complexity index is 407. The van der Waals surface area contributed by atoms with Crippen molar-refractivity contribution in [2.45, 2.75) is 33.2 Å². The van der Waals surface area contributed by atoms with E-state index in [1.165, 1.54) is 12.8 Å². The van der Waals surface area contributed by atoms with Crippen molar-refractivity contribution >= 4 is 5.82 Å². The summed E-state index contributed by atoms with van der Waals surface area (Å²) in [5.41, 5.74) is -0.00292. The Hall–Kier alpha value is -1.32. The standard InChI is InChI=1S/C12H19N3O/c1-9(2)8-15-6-5-13-11(12(15)16)14-7-10-3-4-10/h5-6,9-10H,3-4,7-8H2,1-2H3,(H,13,14). The molecule has 0 bridgehead atoms. The van der Waals surface area contributed by atoms with Gasteiger partial charge in [-0.05, 0) is 24.7 Å². The Morgan fingerprint density at radius 2 is 2.31 bits per heavy atom.